The van der Waals surface area contributed by atoms with Gasteiger partial charge in [0.05, 0.1) is 6.04 Å². The molecule has 1 heterocycles. The highest BCUT2D eigenvalue weighted by Gasteiger charge is 2.25. The Bertz CT molecular complexity index is 2270. The summed E-state index contributed by atoms with van der Waals surface area (Å²) >= 11 is 0. The van der Waals surface area contributed by atoms with Gasteiger partial charge in [-0.3, -0.25) is 0 Å². The monoisotopic (exact) mass is 549 g/mol. The first-order valence-corrected chi connectivity index (χ1v) is 15.4. The van der Waals surface area contributed by atoms with E-state index in [4.69, 9.17) is 0 Å². The first-order chi connectivity index (χ1) is 21.3. The van der Waals surface area contributed by atoms with Crippen LogP contribution in [0.15, 0.2) is 146 Å². The van der Waals surface area contributed by atoms with E-state index in [9.17, 15) is 0 Å². The molecule has 0 bridgehead atoms. The van der Waals surface area contributed by atoms with Crippen molar-refractivity contribution in [3.8, 4) is 11.1 Å². The summed E-state index contributed by atoms with van der Waals surface area (Å²) in [5.74, 6) is 0.346. The molecule has 0 spiro atoms. The smallest absolute Gasteiger partial charge is 0.0560 e. The van der Waals surface area contributed by atoms with Crippen LogP contribution >= 0.6 is 0 Å². The molecule has 1 aromatic heterocycles. The van der Waals surface area contributed by atoms with Crippen LogP contribution in [-0.2, 0) is 6.42 Å². The maximum atomic E-state index is 2.55. The number of para-hydroxylation sites is 1. The third-order valence-corrected chi connectivity index (χ3v) is 9.65. The van der Waals surface area contributed by atoms with Gasteiger partial charge in [-0.2, -0.15) is 0 Å². The quantitative estimate of drug-likeness (QED) is 0.193. The molecule has 2 aliphatic rings. The molecule has 0 fully saturated rings. The number of allylic oxidation sites excluding steroid dienone is 5. The molecule has 1 heteroatoms. The summed E-state index contributed by atoms with van der Waals surface area (Å²) in [7, 11) is 0. The molecule has 2 unspecified atom stereocenters. The second-order valence-electron chi connectivity index (χ2n) is 12.0. The van der Waals surface area contributed by atoms with Crippen molar-refractivity contribution in [3.05, 3.63) is 162 Å². The van der Waals surface area contributed by atoms with Crippen molar-refractivity contribution in [2.75, 3.05) is 0 Å². The van der Waals surface area contributed by atoms with E-state index in [0.717, 1.165) is 12.8 Å². The average Bonchev–Trinajstić information content (AvgIpc) is 3.42. The molecule has 204 valence electrons. The van der Waals surface area contributed by atoms with Gasteiger partial charge in [-0.25, -0.2) is 0 Å². The van der Waals surface area contributed by atoms with Crippen LogP contribution in [0.1, 0.15) is 35.2 Å². The Morgan fingerprint density at radius 1 is 0.535 bits per heavy atom. The highest BCUT2D eigenvalue weighted by Crippen LogP contribution is 2.41. The first-order valence-electron chi connectivity index (χ1n) is 15.4. The van der Waals surface area contributed by atoms with Gasteiger partial charge in [0.2, 0.25) is 0 Å². The SMILES string of the molecule is C1=CCC(n2c3c(c4ccccc42)CC(c2cccc(-c4ccc5c6ccccc6c6ccccc6c5c4)c2)C=C3)C=C1. The van der Waals surface area contributed by atoms with E-state index in [2.05, 4.69) is 156 Å². The van der Waals surface area contributed by atoms with Crippen LogP contribution in [0.25, 0.3) is 60.4 Å². The van der Waals surface area contributed by atoms with Crippen molar-refractivity contribution in [2.45, 2.75) is 24.8 Å². The third-order valence-electron chi connectivity index (χ3n) is 9.65. The van der Waals surface area contributed by atoms with Crippen LogP contribution in [0.5, 0.6) is 0 Å². The van der Waals surface area contributed by atoms with Crippen LogP contribution in [0.4, 0.5) is 0 Å². The van der Waals surface area contributed by atoms with Crippen LogP contribution in [0, 0.1) is 0 Å². The largest absolute Gasteiger partial charge is 0.333 e. The van der Waals surface area contributed by atoms with Gasteiger partial charge in [0.15, 0.2) is 0 Å². The van der Waals surface area contributed by atoms with Gasteiger partial charge in [0.1, 0.15) is 0 Å². The van der Waals surface area contributed by atoms with E-state index in [1.807, 2.05) is 0 Å². The number of fused-ring (bicyclic) bond motifs is 9. The Morgan fingerprint density at radius 3 is 1.95 bits per heavy atom. The first kappa shape index (κ1) is 24.5. The highest BCUT2D eigenvalue weighted by atomic mass is 15.0. The molecule has 2 atom stereocenters. The van der Waals surface area contributed by atoms with E-state index in [1.54, 1.807) is 0 Å². The highest BCUT2D eigenvalue weighted by molar-refractivity contribution is 6.25. The van der Waals surface area contributed by atoms with Gasteiger partial charge in [0.25, 0.3) is 0 Å². The lowest BCUT2D eigenvalue weighted by Crippen LogP contribution is -2.12. The summed E-state index contributed by atoms with van der Waals surface area (Å²) in [5.41, 5.74) is 8.10. The summed E-state index contributed by atoms with van der Waals surface area (Å²) in [6.07, 6.45) is 15.8. The van der Waals surface area contributed by atoms with Gasteiger partial charge in [-0.15, -0.1) is 0 Å². The van der Waals surface area contributed by atoms with E-state index >= 15 is 0 Å². The second-order valence-corrected chi connectivity index (χ2v) is 12.0. The zero-order chi connectivity index (χ0) is 28.3. The molecule has 2 aliphatic carbocycles. The third kappa shape index (κ3) is 3.85. The summed E-state index contributed by atoms with van der Waals surface area (Å²) in [6.45, 7) is 0. The van der Waals surface area contributed by atoms with Crippen molar-refractivity contribution >= 4 is 49.3 Å². The lowest BCUT2D eigenvalue weighted by molar-refractivity contribution is 0.619. The van der Waals surface area contributed by atoms with Crippen LogP contribution in [-0.4, -0.2) is 4.57 Å². The fourth-order valence-electron chi connectivity index (χ4n) is 7.62. The molecule has 1 nitrogen and oxygen atoms in total. The van der Waals surface area contributed by atoms with Gasteiger partial charge in [0, 0.05) is 22.5 Å². The van der Waals surface area contributed by atoms with Crippen LogP contribution < -0.4 is 0 Å². The van der Waals surface area contributed by atoms with Crippen molar-refractivity contribution in [1.29, 1.82) is 0 Å². The molecule has 0 saturated heterocycles. The standard InChI is InChI=1S/C42H31N/c1-2-13-32(14-3-1)43-41-20-9-8-19-38(41)40-27-31(22-24-42(40)43)29-12-10-11-28(25-29)30-21-23-37-35-17-5-4-15-33(35)34-16-6-7-18-36(34)39(37)26-30/h1-13,15-26,31-32H,14,27H2. The molecular formula is C42H31N. The Kier molecular flexibility index (Phi) is 5.52. The molecule has 0 aliphatic heterocycles. The molecule has 0 N–H and O–H groups in total. The van der Waals surface area contributed by atoms with Gasteiger partial charge >= 0.3 is 0 Å². The summed E-state index contributed by atoms with van der Waals surface area (Å²) in [6, 6.07) is 43.2. The van der Waals surface area contributed by atoms with Crippen LogP contribution in [0.2, 0.25) is 0 Å². The van der Waals surface area contributed by atoms with Crippen molar-refractivity contribution in [1.82, 2.24) is 4.57 Å². The number of hydrogen-bond acceptors (Lipinski definition) is 0. The van der Waals surface area contributed by atoms with Crippen LogP contribution in [0.3, 0.4) is 0 Å². The zero-order valence-corrected chi connectivity index (χ0v) is 23.9. The van der Waals surface area contributed by atoms with E-state index in [0.29, 0.717) is 12.0 Å². The van der Waals surface area contributed by atoms with Crippen molar-refractivity contribution in [3.63, 3.8) is 0 Å². The summed E-state index contributed by atoms with van der Waals surface area (Å²) < 4.78 is 2.55. The number of rotatable bonds is 3. The average molecular weight is 550 g/mol. The van der Waals surface area contributed by atoms with Gasteiger partial charge in [-0.1, -0.05) is 134 Å². The minimum atomic E-state index is 0.346. The Labute approximate surface area is 251 Å². The lowest BCUT2D eigenvalue weighted by atomic mass is 9.85. The molecule has 6 aromatic carbocycles. The lowest BCUT2D eigenvalue weighted by Gasteiger charge is -2.23. The molecular weight excluding hydrogens is 518 g/mol. The van der Waals surface area contributed by atoms with Gasteiger partial charge in [-0.05, 0) is 85.6 Å². The fraction of sp³-hybridized carbons (Fsp3) is 0.0952. The topological polar surface area (TPSA) is 4.93 Å². The molecule has 7 aromatic rings. The van der Waals surface area contributed by atoms with E-state index < -0.39 is 0 Å². The molecule has 43 heavy (non-hydrogen) atoms. The van der Waals surface area contributed by atoms with Crippen molar-refractivity contribution in [2.24, 2.45) is 0 Å². The Balaban J connectivity index is 1.13. The molecule has 0 amide bonds. The minimum Gasteiger partial charge on any atom is -0.333 e. The molecule has 9 rings (SSSR count). The van der Waals surface area contributed by atoms with E-state index in [1.165, 1.54) is 71.2 Å². The van der Waals surface area contributed by atoms with Crippen molar-refractivity contribution < 1.29 is 0 Å². The number of nitrogens with zero attached hydrogens (tertiary/aromatic N) is 1. The molecule has 0 saturated carbocycles. The Hall–Kier alpha value is -5.14. The maximum absolute atomic E-state index is 2.55. The normalized spacial score (nSPS) is 17.8. The number of benzene rings is 6. The second kappa shape index (κ2) is 9.71. The van der Waals surface area contributed by atoms with Gasteiger partial charge < -0.3 is 4.57 Å². The minimum absolute atomic E-state index is 0.346. The molecule has 0 radical (unpaired) electrons. The van der Waals surface area contributed by atoms with E-state index in [-0.39, 0.29) is 0 Å². The predicted octanol–water partition coefficient (Wildman–Crippen LogP) is 11.2. The fourth-order valence-corrected chi connectivity index (χ4v) is 7.62. The summed E-state index contributed by atoms with van der Waals surface area (Å²) in [5, 5.41) is 9.30. The number of aromatic nitrogens is 1. The maximum Gasteiger partial charge on any atom is 0.0560 e. The Morgan fingerprint density at radius 2 is 1.21 bits per heavy atom. The predicted molar refractivity (Wildman–Crippen MR) is 184 cm³/mol. The zero-order valence-electron chi connectivity index (χ0n) is 23.9. The number of hydrogen-bond donors (Lipinski definition) is 0. The summed E-state index contributed by atoms with van der Waals surface area (Å²) in [4.78, 5) is 0.